The normalized spacial score (nSPS) is 13.2. The molecule has 0 aliphatic rings. The second kappa shape index (κ2) is 5.90. The van der Waals surface area contributed by atoms with Crippen molar-refractivity contribution < 1.29 is 14.7 Å². The van der Waals surface area contributed by atoms with Crippen molar-refractivity contribution in [2.75, 3.05) is 6.61 Å². The zero-order chi connectivity index (χ0) is 12.0. The molecule has 0 saturated heterocycles. The average Bonchev–Trinajstić information content (AvgIpc) is 2.29. The summed E-state index contributed by atoms with van der Waals surface area (Å²) in [6.07, 6.45) is 0. The molecule has 0 heterocycles. The fraction of sp³-hybridized carbons (Fsp3) is 0.333. The molecule has 86 valence electrons. The second-order valence-electron chi connectivity index (χ2n) is 3.59. The van der Waals surface area contributed by atoms with Gasteiger partial charge in [0.05, 0.1) is 0 Å². The minimum Gasteiger partial charge on any atom is -0.477 e. The van der Waals surface area contributed by atoms with Crippen LogP contribution in [0.25, 0.3) is 0 Å². The Hall–Kier alpha value is -1.84. The third kappa shape index (κ3) is 3.73. The number of carbonyl (C=O) groups is 1. The molecule has 4 heteroatoms. The molecule has 4 nitrogen and oxygen atoms in total. The molecule has 0 amide bonds. The minimum atomic E-state index is -1.06. The smallest absolute Gasteiger partial charge is 0.353 e. The number of aliphatic carboxylic acids is 1. The highest BCUT2D eigenvalue weighted by Gasteiger charge is 2.06. The van der Waals surface area contributed by atoms with Crippen molar-refractivity contribution in [2.45, 2.75) is 19.8 Å². The first kappa shape index (κ1) is 12.2. The van der Waals surface area contributed by atoms with Gasteiger partial charge in [0.1, 0.15) is 6.61 Å². The van der Waals surface area contributed by atoms with Gasteiger partial charge in [-0.25, -0.2) is 4.79 Å². The van der Waals surface area contributed by atoms with Crippen molar-refractivity contribution in [2.24, 2.45) is 5.16 Å². The molecule has 1 aromatic carbocycles. The number of nitrogens with zero attached hydrogens (tertiary/aromatic N) is 1. The number of rotatable bonds is 5. The lowest BCUT2D eigenvalue weighted by Gasteiger charge is -2.09. The van der Waals surface area contributed by atoms with Crippen LogP contribution in [0.2, 0.25) is 0 Å². The molecule has 1 aromatic rings. The minimum absolute atomic E-state index is 0.0414. The summed E-state index contributed by atoms with van der Waals surface area (Å²) in [6.45, 7) is 3.77. The Morgan fingerprint density at radius 2 is 2.06 bits per heavy atom. The summed E-state index contributed by atoms with van der Waals surface area (Å²) < 4.78 is 0. The highest BCUT2D eigenvalue weighted by Crippen LogP contribution is 2.14. The predicted octanol–water partition coefficient (Wildman–Crippen LogP) is 2.27. The average molecular weight is 221 g/mol. The molecule has 1 atom stereocenters. The summed E-state index contributed by atoms with van der Waals surface area (Å²) in [6, 6.07) is 9.86. The van der Waals surface area contributed by atoms with E-state index >= 15 is 0 Å². The van der Waals surface area contributed by atoms with E-state index in [1.807, 2.05) is 37.3 Å². The van der Waals surface area contributed by atoms with Gasteiger partial charge in [-0.1, -0.05) is 42.4 Å². The lowest BCUT2D eigenvalue weighted by molar-refractivity contribution is -0.129. The Labute approximate surface area is 94.5 Å². The van der Waals surface area contributed by atoms with E-state index in [-0.39, 0.29) is 11.6 Å². The molecular weight excluding hydrogens is 206 g/mol. The maximum absolute atomic E-state index is 10.4. The van der Waals surface area contributed by atoms with E-state index in [1.165, 1.54) is 6.92 Å². The molecule has 0 aliphatic carbocycles. The van der Waals surface area contributed by atoms with Crippen LogP contribution in [0.5, 0.6) is 0 Å². The van der Waals surface area contributed by atoms with Crippen LogP contribution < -0.4 is 0 Å². The van der Waals surface area contributed by atoms with Gasteiger partial charge in [-0.2, -0.15) is 0 Å². The topological polar surface area (TPSA) is 58.9 Å². The van der Waals surface area contributed by atoms with Crippen molar-refractivity contribution in [3.63, 3.8) is 0 Å². The lowest BCUT2D eigenvalue weighted by atomic mass is 10.0. The summed E-state index contributed by atoms with van der Waals surface area (Å²) in [5, 5.41) is 12.1. The predicted molar refractivity (Wildman–Crippen MR) is 61.6 cm³/mol. The van der Waals surface area contributed by atoms with Crippen LogP contribution in [-0.4, -0.2) is 23.4 Å². The van der Waals surface area contributed by atoms with E-state index in [0.29, 0.717) is 6.61 Å². The fourth-order valence-corrected chi connectivity index (χ4v) is 1.16. The zero-order valence-electron chi connectivity index (χ0n) is 9.38. The number of oxime groups is 1. The first-order chi connectivity index (χ1) is 7.61. The van der Waals surface area contributed by atoms with Crippen molar-refractivity contribution >= 4 is 11.7 Å². The molecular formula is C12H15NO3. The quantitative estimate of drug-likeness (QED) is 0.613. The van der Waals surface area contributed by atoms with Crippen LogP contribution in [0.1, 0.15) is 25.3 Å². The molecule has 1 rings (SSSR count). The molecule has 0 bridgehead atoms. The monoisotopic (exact) mass is 221 g/mol. The van der Waals surface area contributed by atoms with Crippen LogP contribution in [-0.2, 0) is 9.63 Å². The number of hydrogen-bond acceptors (Lipinski definition) is 3. The summed E-state index contributed by atoms with van der Waals surface area (Å²) in [5.41, 5.74) is 1.10. The third-order valence-electron chi connectivity index (χ3n) is 2.20. The molecule has 1 unspecified atom stereocenters. The van der Waals surface area contributed by atoms with Crippen LogP contribution in [0.3, 0.4) is 0 Å². The van der Waals surface area contributed by atoms with Gasteiger partial charge in [-0.15, -0.1) is 0 Å². The van der Waals surface area contributed by atoms with E-state index in [0.717, 1.165) is 5.56 Å². The molecule has 0 aromatic heterocycles. The molecule has 0 fully saturated rings. The first-order valence-corrected chi connectivity index (χ1v) is 5.06. The summed E-state index contributed by atoms with van der Waals surface area (Å²) >= 11 is 0. The maximum atomic E-state index is 10.4. The first-order valence-electron chi connectivity index (χ1n) is 5.06. The van der Waals surface area contributed by atoms with Gasteiger partial charge in [0.2, 0.25) is 0 Å². The third-order valence-corrected chi connectivity index (χ3v) is 2.20. The molecule has 1 N–H and O–H groups in total. The van der Waals surface area contributed by atoms with Gasteiger partial charge in [-0.05, 0) is 12.5 Å². The number of benzene rings is 1. The van der Waals surface area contributed by atoms with Gasteiger partial charge >= 0.3 is 5.97 Å². The summed E-state index contributed by atoms with van der Waals surface area (Å²) in [5.74, 6) is -0.876. The highest BCUT2D eigenvalue weighted by atomic mass is 16.6. The highest BCUT2D eigenvalue weighted by molar-refractivity contribution is 6.34. The van der Waals surface area contributed by atoms with Gasteiger partial charge in [0.25, 0.3) is 0 Å². The van der Waals surface area contributed by atoms with Crippen molar-refractivity contribution in [1.29, 1.82) is 0 Å². The molecule has 0 radical (unpaired) electrons. The number of carboxylic acids is 1. The molecule has 0 spiro atoms. The fourth-order valence-electron chi connectivity index (χ4n) is 1.16. The van der Waals surface area contributed by atoms with Gasteiger partial charge < -0.3 is 9.94 Å². The summed E-state index contributed by atoms with van der Waals surface area (Å²) in [7, 11) is 0. The van der Waals surface area contributed by atoms with E-state index < -0.39 is 5.97 Å². The largest absolute Gasteiger partial charge is 0.477 e. The second-order valence-corrected chi connectivity index (χ2v) is 3.59. The molecule has 16 heavy (non-hydrogen) atoms. The summed E-state index contributed by atoms with van der Waals surface area (Å²) in [4.78, 5) is 15.4. The Morgan fingerprint density at radius 1 is 1.44 bits per heavy atom. The van der Waals surface area contributed by atoms with Crippen molar-refractivity contribution in [1.82, 2.24) is 0 Å². The van der Waals surface area contributed by atoms with E-state index in [9.17, 15) is 4.79 Å². The van der Waals surface area contributed by atoms with Crippen LogP contribution in [0, 0.1) is 0 Å². The Balaban J connectivity index is 2.45. The van der Waals surface area contributed by atoms with E-state index in [1.54, 1.807) is 0 Å². The van der Waals surface area contributed by atoms with Crippen LogP contribution in [0.4, 0.5) is 0 Å². The number of carboxylic acid groups (broad SMARTS) is 1. The molecule has 0 saturated carbocycles. The van der Waals surface area contributed by atoms with Crippen molar-refractivity contribution in [3.8, 4) is 0 Å². The number of hydrogen-bond donors (Lipinski definition) is 1. The van der Waals surface area contributed by atoms with Gasteiger partial charge in [0.15, 0.2) is 5.71 Å². The lowest BCUT2D eigenvalue weighted by Crippen LogP contribution is -2.10. The van der Waals surface area contributed by atoms with Crippen LogP contribution in [0.15, 0.2) is 35.5 Å². The standard InChI is InChI=1S/C12H15NO3/c1-9(11-6-4-3-5-7-11)8-16-13-10(2)12(14)15/h3-7,9H,8H2,1-2H3,(H,14,15)/b13-10+. The Kier molecular flexibility index (Phi) is 4.51. The zero-order valence-corrected chi connectivity index (χ0v) is 9.38. The van der Waals surface area contributed by atoms with E-state index in [2.05, 4.69) is 5.16 Å². The van der Waals surface area contributed by atoms with Gasteiger partial charge in [-0.3, -0.25) is 0 Å². The van der Waals surface area contributed by atoms with Gasteiger partial charge in [0, 0.05) is 5.92 Å². The van der Waals surface area contributed by atoms with E-state index in [4.69, 9.17) is 9.94 Å². The Bertz CT molecular complexity index is 373. The molecule has 0 aliphatic heterocycles. The SMILES string of the molecule is C/C(=N\OCC(C)c1ccccc1)C(=O)O. The maximum Gasteiger partial charge on any atom is 0.353 e. The van der Waals surface area contributed by atoms with Crippen LogP contribution >= 0.6 is 0 Å². The Morgan fingerprint density at radius 3 is 2.62 bits per heavy atom. The van der Waals surface area contributed by atoms with Crippen molar-refractivity contribution in [3.05, 3.63) is 35.9 Å².